The SMILES string of the molecule is COc1ccc(N2CCN(c3ccc(-n4cnn([C@H](C)[C@@H](C)NN5CCN(Cc6ccccc6)CC5)c4=O)cc3)CC2)cc1. The molecule has 10 heteroatoms. The number of ether oxygens (including phenoxy) is 1. The van der Waals surface area contributed by atoms with E-state index in [0.29, 0.717) is 0 Å². The molecule has 2 fully saturated rings. The van der Waals surface area contributed by atoms with Crippen LogP contribution in [0.15, 0.2) is 90.0 Å². The highest BCUT2D eigenvalue weighted by molar-refractivity contribution is 5.54. The Morgan fingerprint density at radius 1 is 0.750 bits per heavy atom. The lowest BCUT2D eigenvalue weighted by atomic mass is 10.2. The van der Waals surface area contributed by atoms with Gasteiger partial charge < -0.3 is 14.5 Å². The minimum absolute atomic E-state index is 0.0516. The molecule has 232 valence electrons. The standard InChI is InChI=1S/C34H44N8O2/c1-27(36-40-23-17-37(18-24-40)25-29-7-5-4-6-8-29)28(2)42-34(43)41(26-35-42)32-11-9-30(10-12-32)38-19-21-39(22-20-38)31-13-15-33(44-3)16-14-31/h4-16,26-28,36H,17-25H2,1-3H3/t27-,28-/m1/s1. The Kier molecular flexibility index (Phi) is 9.30. The third kappa shape index (κ3) is 6.83. The summed E-state index contributed by atoms with van der Waals surface area (Å²) in [6, 6.07) is 27.1. The summed E-state index contributed by atoms with van der Waals surface area (Å²) < 4.78 is 8.52. The normalized spacial score (nSPS) is 17.9. The monoisotopic (exact) mass is 596 g/mol. The van der Waals surface area contributed by atoms with E-state index in [2.05, 4.69) is 98.7 Å². The smallest absolute Gasteiger partial charge is 0.350 e. The Balaban J connectivity index is 1.01. The first-order valence-corrected chi connectivity index (χ1v) is 15.7. The number of hydrazine groups is 1. The number of nitrogens with one attached hydrogen (secondary N) is 1. The molecule has 2 aliphatic heterocycles. The second kappa shape index (κ2) is 13.7. The van der Waals surface area contributed by atoms with E-state index in [-0.39, 0.29) is 17.8 Å². The van der Waals surface area contributed by atoms with E-state index in [4.69, 9.17) is 4.74 Å². The van der Waals surface area contributed by atoms with Crippen LogP contribution in [0.25, 0.3) is 5.69 Å². The van der Waals surface area contributed by atoms with Crippen LogP contribution in [0.4, 0.5) is 11.4 Å². The van der Waals surface area contributed by atoms with Crippen LogP contribution in [0.3, 0.4) is 0 Å². The first-order chi connectivity index (χ1) is 21.5. The van der Waals surface area contributed by atoms with Crippen molar-refractivity contribution in [1.82, 2.24) is 29.7 Å². The predicted octanol–water partition coefficient (Wildman–Crippen LogP) is 3.64. The van der Waals surface area contributed by atoms with Gasteiger partial charge in [0.15, 0.2) is 0 Å². The zero-order valence-electron chi connectivity index (χ0n) is 26.0. The van der Waals surface area contributed by atoms with E-state index in [1.165, 1.54) is 16.9 Å². The summed E-state index contributed by atoms with van der Waals surface area (Å²) in [6.07, 6.45) is 1.64. The Hall–Kier alpha value is -4.12. The molecule has 2 atom stereocenters. The van der Waals surface area contributed by atoms with E-state index >= 15 is 0 Å². The number of rotatable bonds is 10. The maximum Gasteiger partial charge on any atom is 0.350 e. The highest BCUT2D eigenvalue weighted by Crippen LogP contribution is 2.23. The molecule has 1 N–H and O–H groups in total. The summed E-state index contributed by atoms with van der Waals surface area (Å²) in [4.78, 5) is 20.7. The van der Waals surface area contributed by atoms with Crippen molar-refractivity contribution in [3.8, 4) is 11.4 Å². The molecule has 2 aliphatic rings. The summed E-state index contributed by atoms with van der Waals surface area (Å²) in [5.74, 6) is 0.877. The number of hydrogen-bond acceptors (Lipinski definition) is 8. The van der Waals surface area contributed by atoms with E-state index in [1.54, 1.807) is 22.7 Å². The van der Waals surface area contributed by atoms with Gasteiger partial charge in [0, 0.05) is 76.3 Å². The molecule has 0 unspecified atom stereocenters. The van der Waals surface area contributed by atoms with Crippen LogP contribution >= 0.6 is 0 Å². The Morgan fingerprint density at radius 3 is 1.91 bits per heavy atom. The molecule has 0 amide bonds. The lowest BCUT2D eigenvalue weighted by Crippen LogP contribution is -2.55. The number of anilines is 2. The second-order valence-electron chi connectivity index (χ2n) is 11.8. The zero-order valence-corrected chi connectivity index (χ0v) is 26.0. The highest BCUT2D eigenvalue weighted by atomic mass is 16.5. The molecular formula is C34H44N8O2. The van der Waals surface area contributed by atoms with Crippen molar-refractivity contribution in [2.75, 3.05) is 69.3 Å². The van der Waals surface area contributed by atoms with E-state index in [1.807, 2.05) is 24.3 Å². The molecule has 6 rings (SSSR count). The third-order valence-corrected chi connectivity index (χ3v) is 9.02. The average Bonchev–Trinajstić information content (AvgIpc) is 3.46. The van der Waals surface area contributed by atoms with Crippen molar-refractivity contribution >= 4 is 11.4 Å². The van der Waals surface area contributed by atoms with Gasteiger partial charge in [-0.2, -0.15) is 5.10 Å². The second-order valence-corrected chi connectivity index (χ2v) is 11.8. The van der Waals surface area contributed by atoms with Gasteiger partial charge in [-0.25, -0.2) is 19.1 Å². The summed E-state index contributed by atoms with van der Waals surface area (Å²) in [5.41, 5.74) is 8.06. The van der Waals surface area contributed by atoms with Gasteiger partial charge in [0.05, 0.1) is 18.8 Å². The van der Waals surface area contributed by atoms with Gasteiger partial charge in [0.25, 0.3) is 0 Å². The van der Waals surface area contributed by atoms with Gasteiger partial charge in [0.1, 0.15) is 12.1 Å². The molecule has 44 heavy (non-hydrogen) atoms. The van der Waals surface area contributed by atoms with E-state index < -0.39 is 0 Å². The lowest BCUT2D eigenvalue weighted by Gasteiger charge is -2.37. The van der Waals surface area contributed by atoms with Crippen molar-refractivity contribution in [2.45, 2.75) is 32.5 Å². The molecule has 10 nitrogen and oxygen atoms in total. The van der Waals surface area contributed by atoms with Gasteiger partial charge in [0.2, 0.25) is 0 Å². The first-order valence-electron chi connectivity index (χ1n) is 15.7. The molecule has 0 aliphatic carbocycles. The van der Waals surface area contributed by atoms with Gasteiger partial charge in [-0.1, -0.05) is 30.3 Å². The van der Waals surface area contributed by atoms with Gasteiger partial charge in [-0.05, 0) is 67.9 Å². The maximum absolute atomic E-state index is 13.4. The molecule has 2 saturated heterocycles. The van der Waals surface area contributed by atoms with Crippen molar-refractivity contribution < 1.29 is 4.74 Å². The highest BCUT2D eigenvalue weighted by Gasteiger charge is 2.24. The van der Waals surface area contributed by atoms with Gasteiger partial charge in [-0.15, -0.1) is 0 Å². The number of methoxy groups -OCH3 is 1. The Bertz CT molecular complexity index is 1520. The number of aromatic nitrogens is 3. The fourth-order valence-electron chi connectivity index (χ4n) is 6.10. The number of hydrogen-bond donors (Lipinski definition) is 1. The lowest BCUT2D eigenvalue weighted by molar-refractivity contribution is 0.0640. The molecule has 3 aromatic carbocycles. The summed E-state index contributed by atoms with van der Waals surface area (Å²) in [5, 5.41) is 6.78. The molecule has 0 radical (unpaired) electrons. The summed E-state index contributed by atoms with van der Waals surface area (Å²) >= 11 is 0. The van der Waals surface area contributed by atoms with Crippen molar-refractivity contribution in [3.63, 3.8) is 0 Å². The maximum atomic E-state index is 13.4. The van der Waals surface area contributed by atoms with E-state index in [9.17, 15) is 4.79 Å². The molecule has 3 heterocycles. The minimum Gasteiger partial charge on any atom is -0.497 e. The van der Waals surface area contributed by atoms with Crippen LogP contribution in [0.5, 0.6) is 5.75 Å². The topological polar surface area (TPSA) is 74.0 Å². The van der Waals surface area contributed by atoms with Crippen LogP contribution in [-0.2, 0) is 6.54 Å². The van der Waals surface area contributed by atoms with Crippen molar-refractivity contribution in [3.05, 3.63) is 101 Å². The zero-order chi connectivity index (χ0) is 30.5. The largest absolute Gasteiger partial charge is 0.497 e. The number of nitrogens with zero attached hydrogens (tertiary/aromatic N) is 7. The van der Waals surface area contributed by atoms with Crippen molar-refractivity contribution in [2.24, 2.45) is 0 Å². The third-order valence-electron chi connectivity index (χ3n) is 9.02. The van der Waals surface area contributed by atoms with Crippen LogP contribution in [0, 0.1) is 0 Å². The molecule has 4 aromatic rings. The quantitative estimate of drug-likeness (QED) is 0.298. The fourth-order valence-corrected chi connectivity index (χ4v) is 6.10. The average molecular weight is 597 g/mol. The van der Waals surface area contributed by atoms with Crippen LogP contribution < -0.4 is 25.7 Å². The molecule has 0 bridgehead atoms. The summed E-state index contributed by atoms with van der Waals surface area (Å²) in [7, 11) is 1.69. The number of piperazine rings is 2. The Morgan fingerprint density at radius 2 is 1.32 bits per heavy atom. The summed E-state index contributed by atoms with van der Waals surface area (Å²) in [6.45, 7) is 12.8. The Labute approximate surface area is 260 Å². The molecule has 0 spiro atoms. The number of benzene rings is 3. The first kappa shape index (κ1) is 29.9. The minimum atomic E-state index is -0.125. The predicted molar refractivity (Wildman–Crippen MR) is 176 cm³/mol. The van der Waals surface area contributed by atoms with Gasteiger partial charge in [-0.3, -0.25) is 10.3 Å². The van der Waals surface area contributed by atoms with Crippen LogP contribution in [-0.4, -0.2) is 89.8 Å². The van der Waals surface area contributed by atoms with Crippen LogP contribution in [0.1, 0.15) is 25.5 Å². The van der Waals surface area contributed by atoms with Crippen LogP contribution in [0.2, 0.25) is 0 Å². The molecule has 0 saturated carbocycles. The molecular weight excluding hydrogens is 552 g/mol. The van der Waals surface area contributed by atoms with E-state index in [0.717, 1.165) is 70.3 Å². The molecule has 1 aromatic heterocycles. The van der Waals surface area contributed by atoms with Crippen molar-refractivity contribution in [1.29, 1.82) is 0 Å². The fraction of sp³-hybridized carbons (Fsp3) is 0.412. The van der Waals surface area contributed by atoms with Gasteiger partial charge >= 0.3 is 5.69 Å².